The molecule has 0 aromatic carbocycles. The highest BCUT2D eigenvalue weighted by molar-refractivity contribution is 5.15. The van der Waals surface area contributed by atoms with E-state index < -0.39 is 0 Å². The van der Waals surface area contributed by atoms with E-state index in [4.69, 9.17) is 0 Å². The molecule has 0 aliphatic heterocycles. The molecule has 0 spiro atoms. The monoisotopic (exact) mass is 221 g/mol. The summed E-state index contributed by atoms with van der Waals surface area (Å²) in [5, 5.41) is 17.7. The normalized spacial score (nSPS) is 32.5. The van der Waals surface area contributed by atoms with Crippen LogP contribution in [0.2, 0.25) is 0 Å². The van der Waals surface area contributed by atoms with Gasteiger partial charge in [-0.25, -0.2) is 4.68 Å². The molecule has 1 heterocycles. The number of aliphatic hydroxyl groups is 1. The van der Waals surface area contributed by atoms with Gasteiger partial charge in [0.15, 0.2) is 0 Å². The lowest BCUT2D eigenvalue weighted by molar-refractivity contribution is 0.262. The van der Waals surface area contributed by atoms with E-state index in [1.165, 1.54) is 24.2 Å². The molecule has 88 valence electrons. The maximum atomic E-state index is 9.26. The number of hydrogen-bond donors (Lipinski definition) is 1. The molecule has 1 N–H and O–H groups in total. The second kappa shape index (κ2) is 3.84. The van der Waals surface area contributed by atoms with Crippen LogP contribution in [-0.4, -0.2) is 26.7 Å². The summed E-state index contributed by atoms with van der Waals surface area (Å²) in [6.07, 6.45) is 4.53. The minimum Gasteiger partial charge on any atom is -0.396 e. The molecular weight excluding hydrogens is 202 g/mol. The standard InChI is InChI=1S/C12H19N3O/c1-2-15-12-6-4-9-8(10(9)7-16)3-5-11(12)13-14-15/h8-10,16H,2-7H2,1H3. The molecule has 2 aliphatic carbocycles. The lowest BCUT2D eigenvalue weighted by atomic mass is 10.0. The van der Waals surface area contributed by atoms with Crippen LogP contribution in [0.25, 0.3) is 0 Å². The molecule has 1 aromatic rings. The van der Waals surface area contributed by atoms with Crippen LogP contribution in [0, 0.1) is 17.8 Å². The summed E-state index contributed by atoms with van der Waals surface area (Å²) in [4.78, 5) is 0. The molecule has 0 saturated heterocycles. The van der Waals surface area contributed by atoms with Crippen molar-refractivity contribution >= 4 is 0 Å². The van der Waals surface area contributed by atoms with Crippen molar-refractivity contribution < 1.29 is 5.11 Å². The van der Waals surface area contributed by atoms with E-state index in [9.17, 15) is 5.11 Å². The zero-order chi connectivity index (χ0) is 11.1. The summed E-state index contributed by atoms with van der Waals surface area (Å²) in [5.74, 6) is 2.09. The van der Waals surface area contributed by atoms with Crippen molar-refractivity contribution in [2.24, 2.45) is 17.8 Å². The first-order valence-electron chi connectivity index (χ1n) is 6.37. The zero-order valence-electron chi connectivity index (χ0n) is 9.76. The van der Waals surface area contributed by atoms with Gasteiger partial charge in [-0.05, 0) is 50.4 Å². The SMILES string of the molecule is CCn1nnc2c1CCC1C(CO)C1CC2. The fourth-order valence-corrected chi connectivity index (χ4v) is 3.35. The molecule has 3 rings (SSSR count). The van der Waals surface area contributed by atoms with Gasteiger partial charge in [-0.2, -0.15) is 0 Å². The van der Waals surface area contributed by atoms with Gasteiger partial charge in [0.25, 0.3) is 0 Å². The van der Waals surface area contributed by atoms with Crippen LogP contribution >= 0.6 is 0 Å². The number of nitrogens with zero attached hydrogens (tertiary/aromatic N) is 3. The average molecular weight is 221 g/mol. The molecule has 2 aliphatic rings. The first-order chi connectivity index (χ1) is 7.85. The van der Waals surface area contributed by atoms with Gasteiger partial charge in [-0.15, -0.1) is 5.10 Å². The van der Waals surface area contributed by atoms with Gasteiger partial charge in [0.05, 0.1) is 11.4 Å². The molecule has 1 saturated carbocycles. The highest BCUT2D eigenvalue weighted by Gasteiger charge is 2.49. The number of hydrogen-bond acceptors (Lipinski definition) is 3. The highest BCUT2D eigenvalue weighted by Crippen LogP contribution is 2.52. The first-order valence-corrected chi connectivity index (χ1v) is 6.37. The summed E-state index contributed by atoms with van der Waals surface area (Å²) in [5.41, 5.74) is 2.54. The predicted octanol–water partition coefficient (Wildman–Crippen LogP) is 1.03. The van der Waals surface area contributed by atoms with Crippen LogP contribution in [0.1, 0.15) is 31.2 Å². The largest absolute Gasteiger partial charge is 0.396 e. The van der Waals surface area contributed by atoms with Gasteiger partial charge in [0.1, 0.15) is 0 Å². The van der Waals surface area contributed by atoms with Gasteiger partial charge >= 0.3 is 0 Å². The van der Waals surface area contributed by atoms with Gasteiger partial charge in [-0.3, -0.25) is 0 Å². The predicted molar refractivity (Wildman–Crippen MR) is 59.9 cm³/mol. The van der Waals surface area contributed by atoms with E-state index >= 15 is 0 Å². The molecule has 0 amide bonds. The van der Waals surface area contributed by atoms with Gasteiger partial charge in [0.2, 0.25) is 0 Å². The molecule has 3 atom stereocenters. The summed E-state index contributed by atoms with van der Waals surface area (Å²) >= 11 is 0. The van der Waals surface area contributed by atoms with Crippen LogP contribution in [0.15, 0.2) is 0 Å². The zero-order valence-corrected chi connectivity index (χ0v) is 9.76. The van der Waals surface area contributed by atoms with Crippen molar-refractivity contribution in [2.75, 3.05) is 6.61 Å². The third-order valence-corrected chi connectivity index (χ3v) is 4.37. The molecule has 4 nitrogen and oxygen atoms in total. The highest BCUT2D eigenvalue weighted by atomic mass is 16.3. The number of aliphatic hydroxyl groups excluding tert-OH is 1. The van der Waals surface area contributed by atoms with Crippen LogP contribution in [0.3, 0.4) is 0 Å². The lowest BCUT2D eigenvalue weighted by Crippen LogP contribution is -2.07. The van der Waals surface area contributed by atoms with Crippen LogP contribution in [-0.2, 0) is 19.4 Å². The topological polar surface area (TPSA) is 50.9 Å². The Bertz CT molecular complexity index is 388. The molecule has 3 unspecified atom stereocenters. The smallest absolute Gasteiger partial charge is 0.0859 e. The van der Waals surface area contributed by atoms with E-state index in [-0.39, 0.29) is 0 Å². The van der Waals surface area contributed by atoms with E-state index in [2.05, 4.69) is 17.2 Å². The minimum absolute atomic E-state index is 0.374. The van der Waals surface area contributed by atoms with Crippen molar-refractivity contribution in [3.63, 3.8) is 0 Å². The van der Waals surface area contributed by atoms with Crippen molar-refractivity contribution in [2.45, 2.75) is 39.2 Å². The molecule has 4 heteroatoms. The second-order valence-corrected chi connectivity index (χ2v) is 5.05. The number of aryl methyl sites for hydroxylation is 2. The van der Waals surface area contributed by atoms with E-state index in [0.29, 0.717) is 12.5 Å². The van der Waals surface area contributed by atoms with Crippen LogP contribution in [0.4, 0.5) is 0 Å². The van der Waals surface area contributed by atoms with Crippen molar-refractivity contribution in [1.82, 2.24) is 15.0 Å². The van der Waals surface area contributed by atoms with Crippen molar-refractivity contribution in [3.8, 4) is 0 Å². The Balaban J connectivity index is 1.80. The van der Waals surface area contributed by atoms with Crippen molar-refractivity contribution in [3.05, 3.63) is 11.4 Å². The summed E-state index contributed by atoms with van der Waals surface area (Å²) < 4.78 is 2.03. The average Bonchev–Trinajstić information content (AvgIpc) is 2.80. The molecule has 1 aromatic heterocycles. The van der Waals surface area contributed by atoms with E-state index in [1.807, 2.05) is 4.68 Å². The number of aromatic nitrogens is 3. The summed E-state index contributed by atoms with van der Waals surface area (Å²) in [7, 11) is 0. The minimum atomic E-state index is 0.374. The van der Waals surface area contributed by atoms with Crippen molar-refractivity contribution in [1.29, 1.82) is 0 Å². The van der Waals surface area contributed by atoms with E-state index in [1.54, 1.807) is 0 Å². The first kappa shape index (κ1) is 10.3. The molecule has 0 radical (unpaired) electrons. The van der Waals surface area contributed by atoms with Crippen LogP contribution in [0.5, 0.6) is 0 Å². The Morgan fingerprint density at radius 2 is 2.06 bits per heavy atom. The molecule has 1 fully saturated rings. The Kier molecular flexibility index (Phi) is 2.46. The molecule has 0 bridgehead atoms. The third-order valence-electron chi connectivity index (χ3n) is 4.37. The molecular formula is C12H19N3O. The Hall–Kier alpha value is -0.900. The van der Waals surface area contributed by atoms with Gasteiger partial charge in [0, 0.05) is 13.2 Å². The molecule has 16 heavy (non-hydrogen) atoms. The second-order valence-electron chi connectivity index (χ2n) is 5.05. The lowest BCUT2D eigenvalue weighted by Gasteiger charge is -2.09. The van der Waals surface area contributed by atoms with Crippen LogP contribution < -0.4 is 0 Å². The Labute approximate surface area is 95.7 Å². The Morgan fingerprint density at radius 1 is 1.31 bits per heavy atom. The van der Waals surface area contributed by atoms with Gasteiger partial charge < -0.3 is 5.11 Å². The third kappa shape index (κ3) is 1.47. The quantitative estimate of drug-likeness (QED) is 0.811. The van der Waals surface area contributed by atoms with Gasteiger partial charge in [-0.1, -0.05) is 5.21 Å². The van der Waals surface area contributed by atoms with E-state index in [0.717, 1.165) is 31.2 Å². The maximum Gasteiger partial charge on any atom is 0.0859 e. The Morgan fingerprint density at radius 3 is 2.75 bits per heavy atom. The summed E-state index contributed by atoms with van der Waals surface area (Å²) in [6.45, 7) is 3.41. The number of fused-ring (bicyclic) bond motifs is 2. The summed E-state index contributed by atoms with van der Waals surface area (Å²) in [6, 6.07) is 0. The maximum absolute atomic E-state index is 9.26. The number of rotatable bonds is 2. The fraction of sp³-hybridized carbons (Fsp3) is 0.833. The fourth-order valence-electron chi connectivity index (χ4n) is 3.35.